The van der Waals surface area contributed by atoms with Gasteiger partial charge in [-0.1, -0.05) is 47.8 Å². The van der Waals surface area contributed by atoms with Crippen molar-refractivity contribution in [1.82, 2.24) is 10.2 Å². The molecule has 1 aliphatic heterocycles. The van der Waals surface area contributed by atoms with Gasteiger partial charge in [-0.25, -0.2) is 4.79 Å². The summed E-state index contributed by atoms with van der Waals surface area (Å²) >= 11 is 3.42. The van der Waals surface area contributed by atoms with E-state index in [4.69, 9.17) is 0 Å². The van der Waals surface area contributed by atoms with Crippen molar-refractivity contribution in [3.63, 3.8) is 0 Å². The summed E-state index contributed by atoms with van der Waals surface area (Å²) in [6.07, 6.45) is 3.89. The van der Waals surface area contributed by atoms with Gasteiger partial charge in [-0.2, -0.15) is 0 Å². The van der Waals surface area contributed by atoms with Crippen LogP contribution in [-0.2, 0) is 11.3 Å². The van der Waals surface area contributed by atoms with Crippen LogP contribution in [0.25, 0.3) is 0 Å². The monoisotopic (exact) mass is 350 g/mol. The molecule has 1 aliphatic carbocycles. The summed E-state index contributed by atoms with van der Waals surface area (Å²) < 4.78 is 0.952. The van der Waals surface area contributed by atoms with Crippen LogP contribution in [0.4, 0.5) is 4.79 Å². The topological polar surface area (TPSA) is 49.4 Å². The molecule has 1 aromatic rings. The van der Waals surface area contributed by atoms with Gasteiger partial charge in [0.2, 0.25) is 0 Å². The van der Waals surface area contributed by atoms with E-state index in [1.165, 1.54) is 4.90 Å². The molecule has 21 heavy (non-hydrogen) atoms. The van der Waals surface area contributed by atoms with E-state index in [1.807, 2.05) is 24.3 Å². The lowest BCUT2D eigenvalue weighted by Crippen LogP contribution is -2.53. The molecule has 4 nitrogen and oxygen atoms in total. The zero-order valence-electron chi connectivity index (χ0n) is 12.1. The first-order chi connectivity index (χ1) is 10.0. The number of carbonyl (C=O) groups excluding carboxylic acids is 2. The summed E-state index contributed by atoms with van der Waals surface area (Å²) in [5, 5.41) is 2.98. The van der Waals surface area contributed by atoms with E-state index in [0.29, 0.717) is 6.54 Å². The summed E-state index contributed by atoms with van der Waals surface area (Å²) in [6, 6.07) is 7.46. The van der Waals surface area contributed by atoms with E-state index in [1.54, 1.807) is 0 Å². The van der Waals surface area contributed by atoms with Crippen LogP contribution in [0, 0.1) is 5.92 Å². The van der Waals surface area contributed by atoms with Gasteiger partial charge in [0.15, 0.2) is 0 Å². The fourth-order valence-corrected chi connectivity index (χ4v) is 3.90. The number of nitrogens with zero attached hydrogens (tertiary/aromatic N) is 1. The fraction of sp³-hybridized carbons (Fsp3) is 0.500. The van der Waals surface area contributed by atoms with Gasteiger partial charge < -0.3 is 5.32 Å². The number of halogens is 1. The Balaban J connectivity index is 1.84. The number of rotatable bonds is 2. The highest BCUT2D eigenvalue weighted by molar-refractivity contribution is 9.10. The second-order valence-corrected chi connectivity index (χ2v) is 6.99. The lowest BCUT2D eigenvalue weighted by molar-refractivity contribution is -0.134. The molecule has 0 bridgehead atoms. The van der Waals surface area contributed by atoms with Crippen molar-refractivity contribution in [3.05, 3.63) is 34.3 Å². The van der Waals surface area contributed by atoms with Gasteiger partial charge in [-0.3, -0.25) is 9.69 Å². The Kier molecular flexibility index (Phi) is 3.78. The number of hydrogen-bond donors (Lipinski definition) is 1. The van der Waals surface area contributed by atoms with E-state index < -0.39 is 5.54 Å². The van der Waals surface area contributed by atoms with Gasteiger partial charge in [0.05, 0.1) is 6.54 Å². The molecule has 0 aromatic heterocycles. The summed E-state index contributed by atoms with van der Waals surface area (Å²) in [7, 11) is 0. The number of amides is 3. The maximum Gasteiger partial charge on any atom is 0.325 e. The average Bonchev–Trinajstić information content (AvgIpc) is 2.68. The number of carbonyl (C=O) groups is 2. The maximum absolute atomic E-state index is 12.8. The largest absolute Gasteiger partial charge is 0.325 e. The van der Waals surface area contributed by atoms with Crippen molar-refractivity contribution in [3.8, 4) is 0 Å². The Hall–Kier alpha value is -1.36. The van der Waals surface area contributed by atoms with E-state index in [-0.39, 0.29) is 17.9 Å². The Morgan fingerprint density at radius 1 is 1.38 bits per heavy atom. The predicted octanol–water partition coefficient (Wildman–Crippen LogP) is 3.45. The molecular weight excluding hydrogens is 332 g/mol. The third-order valence-corrected chi connectivity index (χ3v) is 5.22. The number of nitrogens with one attached hydrogen (secondary N) is 1. The van der Waals surface area contributed by atoms with E-state index in [9.17, 15) is 9.59 Å². The highest BCUT2D eigenvalue weighted by atomic mass is 79.9. The van der Waals surface area contributed by atoms with Crippen LogP contribution in [0.2, 0.25) is 0 Å². The predicted molar refractivity (Wildman–Crippen MR) is 83.6 cm³/mol. The Bertz CT molecular complexity index is 589. The molecule has 3 rings (SSSR count). The number of benzene rings is 1. The fourth-order valence-electron chi connectivity index (χ4n) is 3.46. The van der Waals surface area contributed by atoms with Gasteiger partial charge in [0, 0.05) is 4.47 Å². The van der Waals surface area contributed by atoms with E-state index in [2.05, 4.69) is 28.2 Å². The van der Waals surface area contributed by atoms with Gasteiger partial charge in [0.25, 0.3) is 5.91 Å². The summed E-state index contributed by atoms with van der Waals surface area (Å²) in [4.78, 5) is 26.5. The van der Waals surface area contributed by atoms with Crippen LogP contribution < -0.4 is 5.32 Å². The third-order valence-electron chi connectivity index (χ3n) is 4.73. The first-order valence-corrected chi connectivity index (χ1v) is 8.21. The molecule has 3 amide bonds. The second-order valence-electron chi connectivity index (χ2n) is 6.07. The minimum Gasteiger partial charge on any atom is -0.323 e. The molecule has 2 unspecified atom stereocenters. The quantitative estimate of drug-likeness (QED) is 0.830. The lowest BCUT2D eigenvalue weighted by Gasteiger charge is -2.36. The van der Waals surface area contributed by atoms with Crippen molar-refractivity contribution in [1.29, 1.82) is 0 Å². The lowest BCUT2D eigenvalue weighted by atomic mass is 9.73. The number of hydrogen-bond acceptors (Lipinski definition) is 2. The first-order valence-electron chi connectivity index (χ1n) is 7.41. The van der Waals surface area contributed by atoms with Gasteiger partial charge >= 0.3 is 6.03 Å². The van der Waals surface area contributed by atoms with Crippen molar-refractivity contribution >= 4 is 27.9 Å². The molecule has 112 valence electrons. The molecule has 2 aliphatic rings. The molecule has 1 saturated heterocycles. The average molecular weight is 351 g/mol. The Labute approximate surface area is 133 Å². The van der Waals surface area contributed by atoms with Gasteiger partial charge in [-0.15, -0.1) is 0 Å². The molecule has 1 aromatic carbocycles. The molecular formula is C16H19BrN2O2. The zero-order valence-corrected chi connectivity index (χ0v) is 13.6. The molecule has 1 heterocycles. The zero-order chi connectivity index (χ0) is 15.0. The molecule has 2 fully saturated rings. The van der Waals surface area contributed by atoms with Crippen LogP contribution in [0.1, 0.15) is 38.2 Å². The summed E-state index contributed by atoms with van der Waals surface area (Å²) in [6.45, 7) is 2.40. The normalized spacial score (nSPS) is 29.0. The van der Waals surface area contributed by atoms with Crippen LogP contribution in [-0.4, -0.2) is 22.4 Å². The maximum atomic E-state index is 12.8. The number of urea groups is 1. The van der Waals surface area contributed by atoms with Crippen molar-refractivity contribution in [2.45, 2.75) is 44.7 Å². The standard InChI is InChI=1S/C16H19BrN2O2/c1-11-5-2-3-8-16(11)14(20)19(15(21)18-16)10-12-6-4-7-13(17)9-12/h4,6-7,9,11H,2-3,5,8,10H2,1H3,(H,18,21). The van der Waals surface area contributed by atoms with Crippen LogP contribution in [0.5, 0.6) is 0 Å². The van der Waals surface area contributed by atoms with Crippen molar-refractivity contribution in [2.75, 3.05) is 0 Å². The summed E-state index contributed by atoms with van der Waals surface area (Å²) in [5.74, 6) is 0.148. The minimum absolute atomic E-state index is 0.0559. The first kappa shape index (κ1) is 14.6. The van der Waals surface area contributed by atoms with Gasteiger partial charge in [-0.05, 0) is 36.5 Å². The van der Waals surface area contributed by atoms with Crippen LogP contribution >= 0.6 is 15.9 Å². The molecule has 0 radical (unpaired) electrons. The molecule has 1 N–H and O–H groups in total. The van der Waals surface area contributed by atoms with E-state index >= 15 is 0 Å². The highest BCUT2D eigenvalue weighted by Crippen LogP contribution is 2.38. The molecule has 5 heteroatoms. The molecule has 2 atom stereocenters. The van der Waals surface area contributed by atoms with Crippen molar-refractivity contribution < 1.29 is 9.59 Å². The smallest absolute Gasteiger partial charge is 0.323 e. The Morgan fingerprint density at radius 2 is 2.19 bits per heavy atom. The minimum atomic E-state index is -0.665. The van der Waals surface area contributed by atoms with Gasteiger partial charge in [0.1, 0.15) is 5.54 Å². The third kappa shape index (κ3) is 2.48. The highest BCUT2D eigenvalue weighted by Gasteiger charge is 2.54. The molecule has 1 spiro atoms. The number of imide groups is 1. The summed E-state index contributed by atoms with van der Waals surface area (Å²) in [5.41, 5.74) is 0.287. The second kappa shape index (κ2) is 5.44. The van der Waals surface area contributed by atoms with Crippen molar-refractivity contribution in [2.24, 2.45) is 5.92 Å². The van der Waals surface area contributed by atoms with Crippen LogP contribution in [0.15, 0.2) is 28.7 Å². The Morgan fingerprint density at radius 3 is 2.90 bits per heavy atom. The van der Waals surface area contributed by atoms with Crippen LogP contribution in [0.3, 0.4) is 0 Å². The van der Waals surface area contributed by atoms with E-state index in [0.717, 1.165) is 35.7 Å². The SMILES string of the molecule is CC1CCCCC12NC(=O)N(Cc1cccc(Br)c1)C2=O. The molecule has 1 saturated carbocycles.